The van der Waals surface area contributed by atoms with Gasteiger partial charge in [-0.25, -0.2) is 9.97 Å². The van der Waals surface area contributed by atoms with E-state index in [1.807, 2.05) is 31.6 Å². The van der Waals surface area contributed by atoms with E-state index in [1.54, 1.807) is 11.8 Å². The van der Waals surface area contributed by atoms with Crippen molar-refractivity contribution in [3.8, 4) is 0 Å². The molecule has 0 N–H and O–H groups in total. The Morgan fingerprint density at radius 2 is 2.05 bits per heavy atom. The van der Waals surface area contributed by atoms with E-state index in [4.69, 9.17) is 11.6 Å². The molecule has 6 heteroatoms. The second kappa shape index (κ2) is 5.92. The Hall–Kier alpha value is -1.07. The molecule has 0 bridgehead atoms. The maximum Gasteiger partial charge on any atom is 0.136 e. The molecule has 2 rings (SSSR count). The first-order valence-corrected chi connectivity index (χ1v) is 7.42. The van der Waals surface area contributed by atoms with Crippen LogP contribution in [0.15, 0.2) is 16.1 Å². The largest absolute Gasteiger partial charge is 0.261 e. The Morgan fingerprint density at radius 3 is 2.63 bits per heavy atom. The lowest BCUT2D eigenvalue weighted by Gasteiger charge is -2.08. The highest BCUT2D eigenvalue weighted by molar-refractivity contribution is 7.99. The first-order valence-electron chi connectivity index (χ1n) is 6.22. The molecule has 0 unspecified atom stereocenters. The van der Waals surface area contributed by atoms with Gasteiger partial charge in [0, 0.05) is 19.0 Å². The summed E-state index contributed by atoms with van der Waals surface area (Å²) in [6.45, 7) is 6.03. The topological polar surface area (TPSA) is 43.6 Å². The van der Waals surface area contributed by atoms with Crippen LogP contribution in [0.4, 0.5) is 0 Å². The van der Waals surface area contributed by atoms with Crippen LogP contribution < -0.4 is 0 Å². The van der Waals surface area contributed by atoms with Crippen molar-refractivity contribution in [3.05, 3.63) is 28.3 Å². The van der Waals surface area contributed by atoms with Gasteiger partial charge in [0.05, 0.1) is 5.69 Å². The van der Waals surface area contributed by atoms with Crippen LogP contribution in [0.2, 0.25) is 5.15 Å². The van der Waals surface area contributed by atoms with Crippen molar-refractivity contribution in [2.45, 2.75) is 43.7 Å². The highest BCUT2D eigenvalue weighted by Gasteiger charge is 2.13. The summed E-state index contributed by atoms with van der Waals surface area (Å²) >= 11 is 7.76. The molecule has 0 aliphatic heterocycles. The van der Waals surface area contributed by atoms with Crippen molar-refractivity contribution < 1.29 is 0 Å². The lowest BCUT2D eigenvalue weighted by atomic mass is 10.3. The zero-order valence-corrected chi connectivity index (χ0v) is 13.1. The van der Waals surface area contributed by atoms with Crippen LogP contribution in [0.3, 0.4) is 0 Å². The Kier molecular flexibility index (Phi) is 4.47. The monoisotopic (exact) mass is 296 g/mol. The van der Waals surface area contributed by atoms with Gasteiger partial charge in [-0.2, -0.15) is 5.10 Å². The molecular formula is C13H17ClN4S. The summed E-state index contributed by atoms with van der Waals surface area (Å²) in [6, 6.07) is 2.04. The number of rotatable bonds is 4. The average Bonchev–Trinajstić information content (AvgIpc) is 2.64. The highest BCUT2D eigenvalue weighted by Crippen LogP contribution is 2.31. The third-order valence-corrected chi connectivity index (χ3v) is 4.27. The molecule has 0 spiro atoms. The first-order chi connectivity index (χ1) is 9.01. The summed E-state index contributed by atoms with van der Waals surface area (Å²) in [4.78, 5) is 8.91. The zero-order valence-electron chi connectivity index (χ0n) is 11.6. The van der Waals surface area contributed by atoms with Crippen molar-refractivity contribution in [1.82, 2.24) is 19.7 Å². The van der Waals surface area contributed by atoms with E-state index in [2.05, 4.69) is 22.0 Å². The minimum Gasteiger partial charge on any atom is -0.261 e. The fraction of sp³-hybridized carbons (Fsp3) is 0.462. The fourth-order valence-corrected chi connectivity index (χ4v) is 2.97. The smallest absolute Gasteiger partial charge is 0.136 e. The fourth-order valence-electron chi connectivity index (χ4n) is 1.73. The number of aryl methyl sites for hydroxylation is 3. The molecule has 19 heavy (non-hydrogen) atoms. The third kappa shape index (κ3) is 3.28. The molecule has 2 aromatic heterocycles. The lowest BCUT2D eigenvalue weighted by molar-refractivity contribution is 0.691. The summed E-state index contributed by atoms with van der Waals surface area (Å²) < 4.78 is 1.86. The molecule has 0 amide bonds. The molecule has 0 radical (unpaired) electrons. The quantitative estimate of drug-likeness (QED) is 0.809. The van der Waals surface area contributed by atoms with Crippen LogP contribution in [0.1, 0.15) is 30.4 Å². The lowest BCUT2D eigenvalue weighted by Crippen LogP contribution is -2.00. The number of halogens is 1. The molecule has 4 nitrogen and oxygen atoms in total. The van der Waals surface area contributed by atoms with Gasteiger partial charge in [0.15, 0.2) is 0 Å². The van der Waals surface area contributed by atoms with E-state index in [0.717, 1.165) is 40.0 Å². The normalized spacial score (nSPS) is 11.0. The van der Waals surface area contributed by atoms with Crippen molar-refractivity contribution in [1.29, 1.82) is 0 Å². The van der Waals surface area contributed by atoms with E-state index in [0.29, 0.717) is 5.15 Å². The van der Waals surface area contributed by atoms with Crippen LogP contribution in [-0.4, -0.2) is 19.7 Å². The van der Waals surface area contributed by atoms with Crippen LogP contribution in [0.25, 0.3) is 0 Å². The third-order valence-electron chi connectivity index (χ3n) is 2.72. The van der Waals surface area contributed by atoms with E-state index in [9.17, 15) is 0 Å². The van der Waals surface area contributed by atoms with Crippen LogP contribution in [0, 0.1) is 13.8 Å². The van der Waals surface area contributed by atoms with Gasteiger partial charge >= 0.3 is 0 Å². The molecule has 0 aliphatic rings. The molecule has 0 aliphatic carbocycles. The average molecular weight is 297 g/mol. The second-order valence-corrected chi connectivity index (χ2v) is 5.83. The number of hydrogen-bond donors (Lipinski definition) is 0. The summed E-state index contributed by atoms with van der Waals surface area (Å²) in [5.74, 6) is 0.805. The van der Waals surface area contributed by atoms with Crippen LogP contribution in [0.5, 0.6) is 0 Å². The Balaban J connectivity index is 2.36. The van der Waals surface area contributed by atoms with Gasteiger partial charge in [0.25, 0.3) is 0 Å². The molecule has 2 aromatic rings. The van der Waals surface area contributed by atoms with Crippen LogP contribution in [-0.2, 0) is 13.5 Å². The summed E-state index contributed by atoms with van der Waals surface area (Å²) in [6.07, 6.45) is 1.85. The van der Waals surface area contributed by atoms with Gasteiger partial charge in [0.2, 0.25) is 0 Å². The molecular weight excluding hydrogens is 280 g/mol. The Labute approximate surface area is 122 Å². The molecule has 0 fully saturated rings. The van der Waals surface area contributed by atoms with Gasteiger partial charge in [-0.05, 0) is 38.1 Å². The molecule has 0 atom stereocenters. The first kappa shape index (κ1) is 14.3. The summed E-state index contributed by atoms with van der Waals surface area (Å²) in [7, 11) is 1.93. The number of hydrogen-bond acceptors (Lipinski definition) is 4. The molecule has 0 aromatic carbocycles. The standard InChI is InChI=1S/C13H17ClN4S/c1-5-6-10-15-12(14)9(3)13(16-10)19-11-7-8(2)17-18(11)4/h7H,5-6H2,1-4H3. The number of aromatic nitrogens is 4. The molecule has 0 saturated carbocycles. The summed E-state index contributed by atoms with van der Waals surface area (Å²) in [5, 5.41) is 6.84. The van der Waals surface area contributed by atoms with E-state index >= 15 is 0 Å². The van der Waals surface area contributed by atoms with Gasteiger partial charge in [-0.15, -0.1) is 0 Å². The maximum absolute atomic E-state index is 6.18. The summed E-state index contributed by atoms with van der Waals surface area (Å²) in [5.41, 5.74) is 1.92. The zero-order chi connectivity index (χ0) is 14.0. The van der Waals surface area contributed by atoms with Crippen molar-refractivity contribution >= 4 is 23.4 Å². The van der Waals surface area contributed by atoms with E-state index < -0.39 is 0 Å². The van der Waals surface area contributed by atoms with E-state index in [-0.39, 0.29) is 0 Å². The van der Waals surface area contributed by atoms with Crippen molar-refractivity contribution in [3.63, 3.8) is 0 Å². The SMILES string of the molecule is CCCc1nc(Cl)c(C)c(Sc2cc(C)nn2C)n1. The number of nitrogens with zero attached hydrogens (tertiary/aromatic N) is 4. The van der Waals surface area contributed by atoms with Gasteiger partial charge in [-0.1, -0.05) is 18.5 Å². The van der Waals surface area contributed by atoms with Gasteiger partial charge in [-0.3, -0.25) is 4.68 Å². The van der Waals surface area contributed by atoms with Gasteiger partial charge < -0.3 is 0 Å². The Morgan fingerprint density at radius 1 is 1.32 bits per heavy atom. The van der Waals surface area contributed by atoms with Crippen molar-refractivity contribution in [2.24, 2.45) is 7.05 Å². The minimum absolute atomic E-state index is 0.542. The molecule has 102 valence electrons. The van der Waals surface area contributed by atoms with Gasteiger partial charge in [0.1, 0.15) is 21.0 Å². The maximum atomic E-state index is 6.18. The van der Waals surface area contributed by atoms with E-state index in [1.165, 1.54) is 0 Å². The predicted molar refractivity (Wildman–Crippen MR) is 77.8 cm³/mol. The molecule has 0 saturated heterocycles. The van der Waals surface area contributed by atoms with Crippen LogP contribution >= 0.6 is 23.4 Å². The predicted octanol–water partition coefficient (Wildman–Crippen LogP) is 3.58. The van der Waals surface area contributed by atoms with Crippen molar-refractivity contribution in [2.75, 3.05) is 0 Å². The second-order valence-electron chi connectivity index (χ2n) is 4.46. The highest BCUT2D eigenvalue weighted by atomic mass is 35.5. The molecule has 2 heterocycles. The Bertz CT molecular complexity index is 595. The minimum atomic E-state index is 0.542.